The van der Waals surface area contributed by atoms with Gasteiger partial charge in [0.1, 0.15) is 23.0 Å². The quantitative estimate of drug-likeness (QED) is 0.746. The number of ether oxygens (including phenoxy) is 1. The summed E-state index contributed by atoms with van der Waals surface area (Å²) in [5.74, 6) is -1.24. The monoisotopic (exact) mass is 398 g/mol. The SMILES string of the molecule is Cc1oc(-n2cccc2)c(C#N)c1C(=O)O[C@@H](C)C(=O)NC(=O)NC1CCCC1. The van der Waals surface area contributed by atoms with Gasteiger partial charge in [0.2, 0.25) is 5.88 Å². The van der Waals surface area contributed by atoms with Gasteiger partial charge in [-0.2, -0.15) is 5.26 Å². The van der Waals surface area contributed by atoms with Gasteiger partial charge in [0, 0.05) is 18.4 Å². The van der Waals surface area contributed by atoms with Crippen LogP contribution in [0.15, 0.2) is 28.9 Å². The number of carbonyl (C=O) groups is 3. The minimum absolute atomic E-state index is 0.00952. The second kappa shape index (κ2) is 8.65. The summed E-state index contributed by atoms with van der Waals surface area (Å²) in [6, 6.07) is 4.89. The summed E-state index contributed by atoms with van der Waals surface area (Å²) in [5.41, 5.74) is -0.0402. The lowest BCUT2D eigenvalue weighted by molar-refractivity contribution is -0.127. The highest BCUT2D eigenvalue weighted by Gasteiger charge is 2.29. The number of urea groups is 1. The van der Waals surface area contributed by atoms with Crippen molar-refractivity contribution in [2.75, 3.05) is 0 Å². The number of nitrogens with zero attached hydrogens (tertiary/aromatic N) is 2. The summed E-state index contributed by atoms with van der Waals surface area (Å²) in [4.78, 5) is 36.7. The smallest absolute Gasteiger partial charge is 0.343 e. The summed E-state index contributed by atoms with van der Waals surface area (Å²) in [7, 11) is 0. The van der Waals surface area contributed by atoms with Crippen LogP contribution < -0.4 is 10.6 Å². The van der Waals surface area contributed by atoms with Crippen LogP contribution in [0.5, 0.6) is 0 Å². The molecule has 0 bridgehead atoms. The van der Waals surface area contributed by atoms with Crippen molar-refractivity contribution in [2.24, 2.45) is 0 Å². The van der Waals surface area contributed by atoms with Gasteiger partial charge >= 0.3 is 12.0 Å². The molecule has 0 radical (unpaired) electrons. The molecule has 1 aliphatic carbocycles. The topological polar surface area (TPSA) is 126 Å². The number of carbonyl (C=O) groups excluding carboxylic acids is 3. The summed E-state index contributed by atoms with van der Waals surface area (Å²) in [6.07, 6.45) is 5.97. The van der Waals surface area contributed by atoms with E-state index in [1.165, 1.54) is 13.8 Å². The number of imide groups is 1. The molecule has 152 valence electrons. The number of esters is 1. The molecule has 29 heavy (non-hydrogen) atoms. The van der Waals surface area contributed by atoms with Crippen LogP contribution in [0.2, 0.25) is 0 Å². The predicted molar refractivity (Wildman–Crippen MR) is 101 cm³/mol. The fraction of sp³-hybridized carbons (Fsp3) is 0.400. The highest BCUT2D eigenvalue weighted by atomic mass is 16.5. The zero-order valence-electron chi connectivity index (χ0n) is 16.2. The van der Waals surface area contributed by atoms with E-state index in [-0.39, 0.29) is 28.8 Å². The first kappa shape index (κ1) is 20.2. The lowest BCUT2D eigenvalue weighted by Gasteiger charge is -2.15. The molecule has 0 spiro atoms. The van der Waals surface area contributed by atoms with Crippen molar-refractivity contribution in [3.05, 3.63) is 41.4 Å². The summed E-state index contributed by atoms with van der Waals surface area (Å²) >= 11 is 0. The number of hydrogen-bond acceptors (Lipinski definition) is 6. The number of nitrogens with one attached hydrogen (secondary N) is 2. The Kier molecular flexibility index (Phi) is 6.02. The second-order valence-electron chi connectivity index (χ2n) is 6.91. The third kappa shape index (κ3) is 4.48. The molecule has 9 heteroatoms. The zero-order valence-corrected chi connectivity index (χ0v) is 16.2. The Morgan fingerprint density at radius 1 is 1.28 bits per heavy atom. The maximum atomic E-state index is 12.6. The second-order valence-corrected chi connectivity index (χ2v) is 6.91. The van der Waals surface area contributed by atoms with Gasteiger partial charge in [0.25, 0.3) is 5.91 Å². The van der Waals surface area contributed by atoms with Gasteiger partial charge in [-0.25, -0.2) is 9.59 Å². The molecule has 1 atom stereocenters. The van der Waals surface area contributed by atoms with E-state index in [0.29, 0.717) is 0 Å². The van der Waals surface area contributed by atoms with Crippen LogP contribution in [0.25, 0.3) is 5.88 Å². The molecule has 2 aromatic rings. The molecule has 0 saturated heterocycles. The minimum atomic E-state index is -1.23. The van der Waals surface area contributed by atoms with Gasteiger partial charge in [0.05, 0.1) is 0 Å². The molecule has 9 nitrogen and oxygen atoms in total. The van der Waals surface area contributed by atoms with Crippen molar-refractivity contribution in [3.8, 4) is 12.0 Å². The van der Waals surface area contributed by atoms with E-state index in [0.717, 1.165) is 25.7 Å². The number of aryl methyl sites for hydroxylation is 1. The van der Waals surface area contributed by atoms with E-state index in [9.17, 15) is 19.6 Å². The maximum absolute atomic E-state index is 12.6. The van der Waals surface area contributed by atoms with Gasteiger partial charge in [0.15, 0.2) is 6.10 Å². The molecular weight excluding hydrogens is 376 g/mol. The summed E-state index contributed by atoms with van der Waals surface area (Å²) in [5, 5.41) is 14.4. The molecule has 0 aromatic carbocycles. The van der Waals surface area contributed by atoms with E-state index in [1.807, 2.05) is 6.07 Å². The number of rotatable bonds is 5. The van der Waals surface area contributed by atoms with E-state index >= 15 is 0 Å². The molecule has 0 aliphatic heterocycles. The van der Waals surface area contributed by atoms with Gasteiger partial charge in [-0.1, -0.05) is 12.8 Å². The van der Waals surface area contributed by atoms with E-state index in [1.54, 1.807) is 29.1 Å². The first-order valence-electron chi connectivity index (χ1n) is 9.40. The van der Waals surface area contributed by atoms with Crippen LogP contribution in [0, 0.1) is 18.3 Å². The van der Waals surface area contributed by atoms with Gasteiger partial charge in [-0.05, 0) is 38.8 Å². The average Bonchev–Trinajstić information content (AvgIpc) is 3.41. The third-order valence-corrected chi connectivity index (χ3v) is 4.80. The first-order valence-corrected chi connectivity index (χ1v) is 9.40. The molecule has 3 rings (SSSR count). The van der Waals surface area contributed by atoms with Crippen LogP contribution in [0.4, 0.5) is 4.79 Å². The maximum Gasteiger partial charge on any atom is 0.343 e. The number of aromatic nitrogens is 1. The average molecular weight is 398 g/mol. The molecule has 1 fully saturated rings. The Morgan fingerprint density at radius 3 is 2.55 bits per heavy atom. The lowest BCUT2D eigenvalue weighted by atomic mass is 10.1. The molecule has 2 aromatic heterocycles. The fourth-order valence-corrected chi connectivity index (χ4v) is 3.31. The van der Waals surface area contributed by atoms with Gasteiger partial charge in [-0.15, -0.1) is 0 Å². The largest absolute Gasteiger partial charge is 0.449 e. The Balaban J connectivity index is 1.65. The van der Waals surface area contributed by atoms with Crippen molar-refractivity contribution in [3.63, 3.8) is 0 Å². The van der Waals surface area contributed by atoms with Crippen molar-refractivity contribution < 1.29 is 23.5 Å². The zero-order chi connectivity index (χ0) is 21.0. The van der Waals surface area contributed by atoms with Crippen LogP contribution in [0.3, 0.4) is 0 Å². The van der Waals surface area contributed by atoms with E-state index in [4.69, 9.17) is 9.15 Å². The van der Waals surface area contributed by atoms with Gasteiger partial charge < -0.3 is 14.5 Å². The van der Waals surface area contributed by atoms with Crippen LogP contribution in [-0.4, -0.2) is 34.6 Å². The highest BCUT2D eigenvalue weighted by molar-refractivity contribution is 5.99. The summed E-state index contributed by atoms with van der Waals surface area (Å²) in [6.45, 7) is 2.88. The highest BCUT2D eigenvalue weighted by Crippen LogP contribution is 2.26. The number of nitriles is 1. The molecule has 1 aliphatic rings. The molecule has 1 saturated carbocycles. The molecule has 2 heterocycles. The lowest BCUT2D eigenvalue weighted by Crippen LogP contribution is -2.47. The van der Waals surface area contributed by atoms with E-state index < -0.39 is 24.0 Å². The van der Waals surface area contributed by atoms with Crippen LogP contribution >= 0.6 is 0 Å². The Hall–Kier alpha value is -3.54. The normalized spacial score (nSPS) is 14.8. The van der Waals surface area contributed by atoms with Crippen LogP contribution in [-0.2, 0) is 9.53 Å². The van der Waals surface area contributed by atoms with Gasteiger partial charge in [-0.3, -0.25) is 14.7 Å². The number of hydrogen-bond donors (Lipinski definition) is 2. The number of furan rings is 1. The standard InChI is InChI=1S/C20H22N4O5/c1-12-16(15(11-21)18(28-12)24-9-5-6-10-24)19(26)29-13(2)17(25)23-20(27)22-14-7-3-4-8-14/h5-6,9-10,13-14H,3-4,7-8H2,1-2H3,(H2,22,23,25,27)/t13-/m0/s1. The first-order chi connectivity index (χ1) is 13.9. The van der Waals surface area contributed by atoms with Crippen molar-refractivity contribution in [1.29, 1.82) is 5.26 Å². The molecule has 2 N–H and O–H groups in total. The Bertz CT molecular complexity index is 948. The van der Waals surface area contributed by atoms with E-state index in [2.05, 4.69) is 10.6 Å². The molecule has 0 unspecified atom stereocenters. The van der Waals surface area contributed by atoms with Crippen molar-refractivity contribution in [1.82, 2.24) is 15.2 Å². The van der Waals surface area contributed by atoms with Crippen molar-refractivity contribution >= 4 is 17.9 Å². The fourth-order valence-electron chi connectivity index (χ4n) is 3.31. The van der Waals surface area contributed by atoms with Crippen molar-refractivity contribution in [2.45, 2.75) is 51.7 Å². The molecular formula is C20H22N4O5. The summed E-state index contributed by atoms with van der Waals surface area (Å²) < 4.78 is 12.3. The predicted octanol–water partition coefficient (Wildman–Crippen LogP) is 2.56. The Labute approximate surface area is 167 Å². The molecule has 3 amide bonds. The number of amides is 3. The van der Waals surface area contributed by atoms with Crippen LogP contribution in [0.1, 0.15) is 54.3 Å². The Morgan fingerprint density at radius 2 is 1.93 bits per heavy atom. The minimum Gasteiger partial charge on any atom is -0.449 e. The third-order valence-electron chi connectivity index (χ3n) is 4.80.